The van der Waals surface area contributed by atoms with Gasteiger partial charge in [0.2, 0.25) is 0 Å². The summed E-state index contributed by atoms with van der Waals surface area (Å²) in [6.07, 6.45) is -0.597. The number of amides is 1. The minimum Gasteiger partial charge on any atom is -0.480 e. The van der Waals surface area contributed by atoms with Crippen LogP contribution in [0.2, 0.25) is 0 Å². The number of benzene rings is 2. The molecule has 1 amide bonds. The van der Waals surface area contributed by atoms with Crippen LogP contribution < -0.4 is 15.8 Å². The molecule has 0 heterocycles. The zero-order chi connectivity index (χ0) is 19.9. The van der Waals surface area contributed by atoms with Crippen LogP contribution in [0.4, 0.5) is 16.2 Å². The first-order chi connectivity index (χ1) is 12.7. The van der Waals surface area contributed by atoms with Crippen molar-refractivity contribution in [1.82, 2.24) is 0 Å². The molecule has 2 aromatic carbocycles. The average Bonchev–Trinajstić information content (AvgIpc) is 2.59. The van der Waals surface area contributed by atoms with E-state index in [0.717, 1.165) is 5.56 Å². The lowest BCUT2D eigenvalue weighted by Crippen LogP contribution is -2.27. The molecule has 0 aliphatic heterocycles. The third-order valence-electron chi connectivity index (χ3n) is 3.23. The Balaban J connectivity index is 1.84. The standard InChI is InChI=1S/C20H24N2O5/c1-20(2,3)27-18(23)13-25-17-10-9-15(11-16(17)21)22-19(24)26-12-14-7-5-4-6-8-14/h4-11H,12-13,21H2,1-3H3,(H,22,24). The van der Waals surface area contributed by atoms with E-state index in [-0.39, 0.29) is 18.9 Å². The summed E-state index contributed by atoms with van der Waals surface area (Å²) in [6.45, 7) is 5.23. The Bertz CT molecular complexity index is 785. The van der Waals surface area contributed by atoms with Crippen LogP contribution >= 0.6 is 0 Å². The highest BCUT2D eigenvalue weighted by molar-refractivity contribution is 5.85. The molecule has 144 valence electrons. The Labute approximate surface area is 158 Å². The van der Waals surface area contributed by atoms with Gasteiger partial charge in [-0.1, -0.05) is 30.3 Å². The maximum atomic E-state index is 11.9. The molecule has 0 unspecified atom stereocenters. The van der Waals surface area contributed by atoms with E-state index in [0.29, 0.717) is 11.4 Å². The molecule has 0 radical (unpaired) electrons. The third kappa shape index (κ3) is 7.27. The highest BCUT2D eigenvalue weighted by Crippen LogP contribution is 2.25. The number of rotatable bonds is 6. The van der Waals surface area contributed by atoms with Crippen LogP contribution in [-0.4, -0.2) is 24.3 Å². The van der Waals surface area contributed by atoms with Gasteiger partial charge in [0.15, 0.2) is 6.61 Å². The maximum absolute atomic E-state index is 11.9. The van der Waals surface area contributed by atoms with Gasteiger partial charge in [-0.25, -0.2) is 9.59 Å². The number of nitrogens with two attached hydrogens (primary N) is 1. The number of nitrogen functional groups attached to an aromatic ring is 1. The van der Waals surface area contributed by atoms with Crippen LogP contribution in [0.5, 0.6) is 5.75 Å². The lowest BCUT2D eigenvalue weighted by molar-refractivity contribution is -0.157. The lowest BCUT2D eigenvalue weighted by atomic mass is 10.2. The van der Waals surface area contributed by atoms with Crippen molar-refractivity contribution in [2.45, 2.75) is 33.0 Å². The van der Waals surface area contributed by atoms with Crippen molar-refractivity contribution in [3.63, 3.8) is 0 Å². The first-order valence-corrected chi connectivity index (χ1v) is 8.45. The minimum atomic E-state index is -0.597. The quantitative estimate of drug-likeness (QED) is 0.592. The molecule has 0 aliphatic carbocycles. The normalized spacial score (nSPS) is 10.8. The fourth-order valence-electron chi connectivity index (χ4n) is 2.14. The highest BCUT2D eigenvalue weighted by Gasteiger charge is 2.17. The van der Waals surface area contributed by atoms with E-state index < -0.39 is 17.7 Å². The van der Waals surface area contributed by atoms with Crippen LogP contribution in [-0.2, 0) is 20.9 Å². The van der Waals surface area contributed by atoms with Crippen molar-refractivity contribution in [2.75, 3.05) is 17.7 Å². The molecule has 27 heavy (non-hydrogen) atoms. The Morgan fingerprint density at radius 2 is 1.78 bits per heavy atom. The van der Waals surface area contributed by atoms with Crippen LogP contribution in [0.25, 0.3) is 0 Å². The molecule has 0 aromatic heterocycles. The van der Waals surface area contributed by atoms with Crippen LogP contribution in [0.3, 0.4) is 0 Å². The molecule has 7 nitrogen and oxygen atoms in total. The second-order valence-corrected chi connectivity index (χ2v) is 6.81. The summed E-state index contributed by atoms with van der Waals surface area (Å²) < 4.78 is 15.7. The van der Waals surface area contributed by atoms with Crippen molar-refractivity contribution in [2.24, 2.45) is 0 Å². The molecule has 0 atom stereocenters. The van der Waals surface area contributed by atoms with Gasteiger partial charge in [-0.3, -0.25) is 5.32 Å². The zero-order valence-corrected chi connectivity index (χ0v) is 15.7. The number of ether oxygens (including phenoxy) is 3. The molecular formula is C20H24N2O5. The molecule has 0 bridgehead atoms. The third-order valence-corrected chi connectivity index (χ3v) is 3.23. The van der Waals surface area contributed by atoms with E-state index in [1.165, 1.54) is 6.07 Å². The van der Waals surface area contributed by atoms with E-state index in [1.807, 2.05) is 30.3 Å². The SMILES string of the molecule is CC(C)(C)OC(=O)COc1ccc(NC(=O)OCc2ccccc2)cc1N. The second-order valence-electron chi connectivity index (χ2n) is 6.81. The maximum Gasteiger partial charge on any atom is 0.411 e. The molecular weight excluding hydrogens is 348 g/mol. The molecule has 2 rings (SSSR count). The Kier molecular flexibility index (Phi) is 6.65. The number of hydrogen-bond acceptors (Lipinski definition) is 6. The number of carbonyl (C=O) groups excluding carboxylic acids is 2. The number of anilines is 2. The van der Waals surface area contributed by atoms with Gasteiger partial charge >= 0.3 is 12.1 Å². The monoisotopic (exact) mass is 372 g/mol. The van der Waals surface area contributed by atoms with Crippen molar-refractivity contribution >= 4 is 23.4 Å². The Hall–Kier alpha value is -3.22. The number of esters is 1. The van der Waals surface area contributed by atoms with Crippen molar-refractivity contribution in [1.29, 1.82) is 0 Å². The van der Waals surface area contributed by atoms with Crippen LogP contribution in [0.1, 0.15) is 26.3 Å². The largest absolute Gasteiger partial charge is 0.480 e. The average molecular weight is 372 g/mol. The van der Waals surface area contributed by atoms with Crippen LogP contribution in [0, 0.1) is 0 Å². The molecule has 0 saturated carbocycles. The Morgan fingerprint density at radius 1 is 1.07 bits per heavy atom. The number of hydrogen-bond donors (Lipinski definition) is 2. The zero-order valence-electron chi connectivity index (χ0n) is 15.7. The minimum absolute atomic E-state index is 0.166. The van der Waals surface area contributed by atoms with Gasteiger partial charge in [-0.15, -0.1) is 0 Å². The van der Waals surface area contributed by atoms with E-state index in [1.54, 1.807) is 32.9 Å². The van der Waals surface area contributed by atoms with Gasteiger partial charge < -0.3 is 19.9 Å². The predicted molar refractivity (Wildman–Crippen MR) is 102 cm³/mol. The summed E-state index contributed by atoms with van der Waals surface area (Å²) in [5.74, 6) is -0.169. The predicted octanol–water partition coefficient (Wildman–Crippen LogP) is 3.74. The number of nitrogens with one attached hydrogen (secondary N) is 1. The van der Waals surface area contributed by atoms with E-state index in [2.05, 4.69) is 5.32 Å². The van der Waals surface area contributed by atoms with Crippen molar-refractivity contribution < 1.29 is 23.8 Å². The van der Waals surface area contributed by atoms with Gasteiger partial charge in [-0.2, -0.15) is 0 Å². The molecule has 0 fully saturated rings. The van der Waals surface area contributed by atoms with Gasteiger partial charge in [-0.05, 0) is 44.5 Å². The highest BCUT2D eigenvalue weighted by atomic mass is 16.6. The molecule has 0 aliphatic rings. The molecule has 7 heteroatoms. The van der Waals surface area contributed by atoms with E-state index in [9.17, 15) is 9.59 Å². The van der Waals surface area contributed by atoms with Crippen molar-refractivity contribution in [3.05, 3.63) is 54.1 Å². The second kappa shape index (κ2) is 8.93. The van der Waals surface area contributed by atoms with Crippen LogP contribution in [0.15, 0.2) is 48.5 Å². The van der Waals surface area contributed by atoms with Gasteiger partial charge in [0.1, 0.15) is 18.0 Å². The summed E-state index contributed by atoms with van der Waals surface area (Å²) in [5.41, 5.74) is 6.94. The molecule has 0 spiro atoms. The summed E-state index contributed by atoms with van der Waals surface area (Å²) in [5, 5.41) is 2.59. The van der Waals surface area contributed by atoms with E-state index in [4.69, 9.17) is 19.9 Å². The first kappa shape index (κ1) is 20.1. The Morgan fingerprint density at radius 3 is 2.41 bits per heavy atom. The van der Waals surface area contributed by atoms with Crippen molar-refractivity contribution in [3.8, 4) is 5.75 Å². The van der Waals surface area contributed by atoms with E-state index >= 15 is 0 Å². The van der Waals surface area contributed by atoms with Gasteiger partial charge in [0, 0.05) is 5.69 Å². The number of carbonyl (C=O) groups is 2. The lowest BCUT2D eigenvalue weighted by Gasteiger charge is -2.19. The summed E-state index contributed by atoms with van der Waals surface area (Å²) in [7, 11) is 0. The first-order valence-electron chi connectivity index (χ1n) is 8.45. The smallest absolute Gasteiger partial charge is 0.411 e. The summed E-state index contributed by atoms with van der Waals surface area (Å²) in [6, 6.07) is 14.0. The summed E-state index contributed by atoms with van der Waals surface area (Å²) in [4.78, 5) is 23.5. The fraction of sp³-hybridized carbons (Fsp3) is 0.300. The molecule has 2 aromatic rings. The van der Waals surface area contributed by atoms with Gasteiger partial charge in [0.05, 0.1) is 5.69 Å². The molecule has 0 saturated heterocycles. The topological polar surface area (TPSA) is 99.9 Å². The fourth-order valence-corrected chi connectivity index (χ4v) is 2.14. The molecule has 3 N–H and O–H groups in total. The van der Waals surface area contributed by atoms with Gasteiger partial charge in [0.25, 0.3) is 0 Å². The summed E-state index contributed by atoms with van der Waals surface area (Å²) >= 11 is 0.